The fourth-order valence-electron chi connectivity index (χ4n) is 5.27. The summed E-state index contributed by atoms with van der Waals surface area (Å²) in [4.78, 5) is 32.4. The molecule has 3 aromatic heterocycles. The van der Waals surface area contributed by atoms with Gasteiger partial charge in [-0.25, -0.2) is 4.79 Å². The fourth-order valence-corrected chi connectivity index (χ4v) is 7.24. The number of aryl methyl sites for hydroxylation is 1. The van der Waals surface area contributed by atoms with Crippen LogP contribution >= 0.6 is 34.3 Å². The summed E-state index contributed by atoms with van der Waals surface area (Å²) in [5.41, 5.74) is -0.891. The van der Waals surface area contributed by atoms with E-state index in [1.807, 2.05) is 22.9 Å². The van der Waals surface area contributed by atoms with Gasteiger partial charge in [-0.2, -0.15) is 4.98 Å². The van der Waals surface area contributed by atoms with Crippen molar-refractivity contribution in [2.24, 2.45) is 0 Å². The highest BCUT2D eigenvalue weighted by atomic mass is 35.5. The van der Waals surface area contributed by atoms with Gasteiger partial charge in [0.05, 0.1) is 27.5 Å². The molecule has 0 radical (unpaired) electrons. The van der Waals surface area contributed by atoms with Gasteiger partial charge in [-0.15, -0.1) is 22.7 Å². The van der Waals surface area contributed by atoms with Crippen LogP contribution in [0.1, 0.15) is 58.1 Å². The third-order valence-corrected chi connectivity index (χ3v) is 9.92. The molecule has 12 heteroatoms. The maximum atomic E-state index is 13.3. The minimum absolute atomic E-state index is 0.226. The molecule has 222 valence electrons. The first-order valence-corrected chi connectivity index (χ1v) is 15.8. The largest absolute Gasteiger partial charge is 0.496 e. The standard InChI is InChI=1S/C30H32ClN3O6S2/c1-34(13-3-8-27-32-28(33-40-27)22-17-24(38-2)19(18-35)16-23(22)31)20-9-11-21(12-10-20)39-29(36)30(37,25-6-4-14-41-25)26-7-5-15-42-26/h4-7,14-18,20-21,37H,3,8-13H2,1-2H3/t20-,21-. The van der Waals surface area contributed by atoms with Crippen LogP contribution in [0.3, 0.4) is 0 Å². The monoisotopic (exact) mass is 629 g/mol. The zero-order valence-corrected chi connectivity index (χ0v) is 25.7. The SMILES string of the molecule is COc1cc(-c2noc(CCCN(C)[C@H]3CC[C@H](OC(=O)C(O)(c4cccs4)c4cccs4)CC3)n2)c(Cl)cc1C=O. The van der Waals surface area contributed by atoms with E-state index in [2.05, 4.69) is 22.1 Å². The summed E-state index contributed by atoms with van der Waals surface area (Å²) >= 11 is 9.03. The second-order valence-corrected chi connectivity index (χ2v) is 12.6. The number of nitrogens with zero attached hydrogens (tertiary/aromatic N) is 3. The molecule has 0 amide bonds. The van der Waals surface area contributed by atoms with Crippen molar-refractivity contribution < 1.29 is 28.7 Å². The van der Waals surface area contributed by atoms with Crippen molar-refractivity contribution >= 4 is 46.5 Å². The number of benzene rings is 1. The highest BCUT2D eigenvalue weighted by Gasteiger charge is 2.45. The number of hydrogen-bond donors (Lipinski definition) is 1. The van der Waals surface area contributed by atoms with Crippen LogP contribution in [0, 0.1) is 0 Å². The number of aliphatic hydroxyl groups is 1. The summed E-state index contributed by atoms with van der Waals surface area (Å²) in [6, 6.07) is 10.7. The number of esters is 1. The Labute approximate surface area is 257 Å². The highest BCUT2D eigenvalue weighted by Crippen LogP contribution is 2.38. The molecule has 0 saturated heterocycles. The number of thiophene rings is 2. The first-order chi connectivity index (χ1) is 20.3. The summed E-state index contributed by atoms with van der Waals surface area (Å²) in [5, 5.41) is 19.6. The van der Waals surface area contributed by atoms with Gasteiger partial charge in [0.25, 0.3) is 0 Å². The maximum Gasteiger partial charge on any atom is 0.349 e. The minimum atomic E-state index is -1.78. The molecule has 1 aliphatic carbocycles. The van der Waals surface area contributed by atoms with Crippen molar-refractivity contribution in [2.75, 3.05) is 20.7 Å². The molecule has 9 nitrogen and oxygen atoms in total. The predicted molar refractivity (Wildman–Crippen MR) is 161 cm³/mol. The van der Waals surface area contributed by atoms with Gasteiger partial charge in [-0.1, -0.05) is 28.9 Å². The molecule has 1 aromatic carbocycles. The number of rotatable bonds is 12. The number of methoxy groups -OCH3 is 1. The Hall–Kier alpha value is -3.09. The molecule has 3 heterocycles. The zero-order valence-electron chi connectivity index (χ0n) is 23.3. The third-order valence-electron chi connectivity index (χ3n) is 7.65. The Balaban J connectivity index is 1.10. The highest BCUT2D eigenvalue weighted by molar-refractivity contribution is 7.12. The van der Waals surface area contributed by atoms with E-state index < -0.39 is 11.6 Å². The smallest absolute Gasteiger partial charge is 0.349 e. The molecule has 1 saturated carbocycles. The Kier molecular flexibility index (Phi) is 9.74. The normalized spacial score (nSPS) is 17.4. The zero-order chi connectivity index (χ0) is 29.7. The molecule has 0 bridgehead atoms. The summed E-state index contributed by atoms with van der Waals surface area (Å²) in [5.74, 6) is 0.634. The van der Waals surface area contributed by atoms with Crippen molar-refractivity contribution in [3.63, 3.8) is 0 Å². The lowest BCUT2D eigenvalue weighted by molar-refractivity contribution is -0.169. The van der Waals surface area contributed by atoms with E-state index >= 15 is 0 Å². The van der Waals surface area contributed by atoms with Crippen LogP contribution in [-0.4, -0.2) is 65.3 Å². The predicted octanol–water partition coefficient (Wildman–Crippen LogP) is 5.99. The van der Waals surface area contributed by atoms with Crippen LogP contribution in [-0.2, 0) is 21.6 Å². The fraction of sp³-hybridized carbons (Fsp3) is 0.400. The van der Waals surface area contributed by atoms with Crippen LogP contribution in [0.25, 0.3) is 11.4 Å². The van der Waals surface area contributed by atoms with E-state index in [9.17, 15) is 14.7 Å². The van der Waals surface area contributed by atoms with Gasteiger partial charge in [0, 0.05) is 18.0 Å². The summed E-state index contributed by atoms with van der Waals surface area (Å²) in [6.45, 7) is 0.839. The number of aldehydes is 1. The molecule has 1 aliphatic rings. The summed E-state index contributed by atoms with van der Waals surface area (Å²) in [6.07, 6.45) is 5.16. The molecule has 4 aromatic rings. The van der Waals surface area contributed by atoms with Crippen molar-refractivity contribution in [1.29, 1.82) is 0 Å². The number of hydrogen-bond acceptors (Lipinski definition) is 11. The number of carbonyl (C=O) groups excluding carboxylic acids is 2. The van der Waals surface area contributed by atoms with Gasteiger partial charge in [0.1, 0.15) is 11.9 Å². The lowest BCUT2D eigenvalue weighted by Gasteiger charge is -2.35. The van der Waals surface area contributed by atoms with E-state index in [0.29, 0.717) is 62.1 Å². The van der Waals surface area contributed by atoms with Gasteiger partial charge in [-0.05, 0) is 80.7 Å². The van der Waals surface area contributed by atoms with Crippen LogP contribution < -0.4 is 4.74 Å². The Morgan fingerprint density at radius 2 is 1.88 bits per heavy atom. The third kappa shape index (κ3) is 6.45. The average molecular weight is 630 g/mol. The molecule has 5 rings (SSSR count). The number of halogens is 1. The van der Waals surface area contributed by atoms with Crippen LogP contribution in [0.2, 0.25) is 5.02 Å². The number of ether oxygens (including phenoxy) is 2. The van der Waals surface area contributed by atoms with E-state index in [4.69, 9.17) is 25.6 Å². The van der Waals surface area contributed by atoms with E-state index in [1.54, 1.807) is 18.2 Å². The van der Waals surface area contributed by atoms with E-state index in [0.717, 1.165) is 38.6 Å². The van der Waals surface area contributed by atoms with Crippen molar-refractivity contribution in [3.8, 4) is 17.1 Å². The first-order valence-electron chi connectivity index (χ1n) is 13.7. The molecular formula is C30H32ClN3O6S2. The van der Waals surface area contributed by atoms with Crippen LogP contribution in [0.4, 0.5) is 0 Å². The Bertz CT molecular complexity index is 1450. The van der Waals surface area contributed by atoms with Crippen LogP contribution in [0.5, 0.6) is 5.75 Å². The molecule has 0 unspecified atom stereocenters. The number of carbonyl (C=O) groups is 2. The second kappa shape index (κ2) is 13.5. The maximum absolute atomic E-state index is 13.3. The molecule has 0 aliphatic heterocycles. The molecule has 42 heavy (non-hydrogen) atoms. The molecule has 0 spiro atoms. The second-order valence-electron chi connectivity index (χ2n) is 10.3. The van der Waals surface area contributed by atoms with Crippen molar-refractivity contribution in [3.05, 3.63) is 73.4 Å². The lowest BCUT2D eigenvalue weighted by Crippen LogP contribution is -2.42. The van der Waals surface area contributed by atoms with Gasteiger partial charge >= 0.3 is 5.97 Å². The number of aromatic nitrogens is 2. The topological polar surface area (TPSA) is 115 Å². The Morgan fingerprint density at radius 1 is 1.19 bits per heavy atom. The molecular weight excluding hydrogens is 598 g/mol. The van der Waals surface area contributed by atoms with Gasteiger partial charge in [-0.3, -0.25) is 4.79 Å². The average Bonchev–Trinajstić information content (AvgIpc) is 3.80. The van der Waals surface area contributed by atoms with Crippen LogP contribution in [0.15, 0.2) is 51.7 Å². The van der Waals surface area contributed by atoms with Gasteiger partial charge in [0.2, 0.25) is 17.3 Å². The molecule has 0 atom stereocenters. The van der Waals surface area contributed by atoms with Gasteiger partial charge < -0.3 is 24.0 Å². The van der Waals surface area contributed by atoms with E-state index in [1.165, 1.54) is 35.8 Å². The molecule has 1 N–H and O–H groups in total. The minimum Gasteiger partial charge on any atom is -0.496 e. The summed E-state index contributed by atoms with van der Waals surface area (Å²) < 4.78 is 16.6. The Morgan fingerprint density at radius 3 is 2.48 bits per heavy atom. The first kappa shape index (κ1) is 30.4. The lowest BCUT2D eigenvalue weighted by atomic mass is 9.91. The quantitative estimate of drug-likeness (QED) is 0.149. The van der Waals surface area contributed by atoms with Crippen molar-refractivity contribution in [1.82, 2.24) is 15.0 Å². The van der Waals surface area contributed by atoms with E-state index in [-0.39, 0.29) is 6.10 Å². The summed E-state index contributed by atoms with van der Waals surface area (Å²) in [7, 11) is 3.58. The molecule has 1 fully saturated rings. The van der Waals surface area contributed by atoms with Gasteiger partial charge in [0.15, 0.2) is 6.29 Å². The van der Waals surface area contributed by atoms with Crippen molar-refractivity contribution in [2.45, 2.75) is 56.3 Å².